The molecule has 0 aliphatic heterocycles. The first-order valence-corrected chi connectivity index (χ1v) is 8.29. The van der Waals surface area contributed by atoms with Crippen molar-refractivity contribution in [1.82, 2.24) is 4.98 Å². The molecule has 24 heavy (non-hydrogen) atoms. The number of esters is 1. The van der Waals surface area contributed by atoms with Gasteiger partial charge in [0.05, 0.1) is 12.1 Å². The summed E-state index contributed by atoms with van der Waals surface area (Å²) in [6.07, 6.45) is 0.221. The van der Waals surface area contributed by atoms with Crippen molar-refractivity contribution in [2.24, 2.45) is 0 Å². The number of benzene rings is 2. The molecule has 3 aromatic rings. The topological polar surface area (TPSA) is 42.1 Å². The Morgan fingerprint density at radius 2 is 1.75 bits per heavy atom. The van der Waals surface area contributed by atoms with Crippen molar-refractivity contribution in [2.75, 3.05) is 0 Å². The lowest BCUT2D eigenvalue weighted by Crippen LogP contribution is -2.25. The lowest BCUT2D eigenvalue weighted by molar-refractivity contribution is -0.153. The Morgan fingerprint density at radius 1 is 1.08 bits per heavy atom. The normalized spacial score (nSPS) is 11.7. The number of hydrogen-bond acceptors (Lipinski definition) is 2. The molecular weight excluding hydrogens is 322 g/mol. The Bertz CT molecular complexity index is 873. The van der Waals surface area contributed by atoms with Crippen LogP contribution < -0.4 is 0 Å². The predicted octanol–water partition coefficient (Wildman–Crippen LogP) is 5.37. The van der Waals surface area contributed by atoms with E-state index in [1.165, 1.54) is 0 Å². The molecule has 3 rings (SSSR count). The number of carbonyl (C=O) groups is 1. The van der Waals surface area contributed by atoms with Gasteiger partial charge >= 0.3 is 5.97 Å². The van der Waals surface area contributed by atoms with E-state index in [9.17, 15) is 4.79 Å². The van der Waals surface area contributed by atoms with Gasteiger partial charge in [-0.05, 0) is 50.1 Å². The minimum absolute atomic E-state index is 0.221. The highest BCUT2D eigenvalue weighted by Gasteiger charge is 2.21. The largest absolute Gasteiger partial charge is 0.460 e. The number of aromatic nitrogens is 1. The van der Waals surface area contributed by atoms with E-state index in [-0.39, 0.29) is 12.4 Å². The molecule has 0 unspecified atom stereocenters. The Morgan fingerprint density at radius 3 is 2.42 bits per heavy atom. The van der Waals surface area contributed by atoms with Crippen molar-refractivity contribution in [1.29, 1.82) is 0 Å². The van der Waals surface area contributed by atoms with Gasteiger partial charge < -0.3 is 9.72 Å². The SMILES string of the molecule is CC(C)(C)OC(=O)Cc1c(-c2ccc(Cl)cc2)[nH]c2ccccc12. The minimum atomic E-state index is -0.496. The number of fused-ring (bicyclic) bond motifs is 1. The van der Waals surface area contributed by atoms with Crippen LogP contribution in [0.2, 0.25) is 5.02 Å². The van der Waals surface area contributed by atoms with E-state index in [0.717, 1.165) is 27.7 Å². The standard InChI is InChI=1S/C20H20ClNO2/c1-20(2,3)24-18(23)12-16-15-6-4-5-7-17(15)22-19(16)13-8-10-14(21)11-9-13/h4-11,22H,12H2,1-3H3. The maximum Gasteiger partial charge on any atom is 0.310 e. The number of para-hydroxylation sites is 1. The molecular formula is C20H20ClNO2. The number of carbonyl (C=O) groups excluding carboxylic acids is 1. The van der Waals surface area contributed by atoms with Crippen LogP contribution in [0.1, 0.15) is 26.3 Å². The molecule has 3 nitrogen and oxygen atoms in total. The molecule has 0 atom stereocenters. The third kappa shape index (κ3) is 3.62. The quantitative estimate of drug-likeness (QED) is 0.650. The molecule has 0 aliphatic carbocycles. The summed E-state index contributed by atoms with van der Waals surface area (Å²) < 4.78 is 5.50. The molecule has 2 aromatic carbocycles. The lowest BCUT2D eigenvalue weighted by Gasteiger charge is -2.19. The van der Waals surface area contributed by atoms with Gasteiger partial charge in [0, 0.05) is 15.9 Å². The molecule has 0 aliphatic rings. The zero-order valence-corrected chi connectivity index (χ0v) is 14.8. The summed E-state index contributed by atoms with van der Waals surface area (Å²) in [6.45, 7) is 5.63. The second kappa shape index (κ2) is 6.33. The van der Waals surface area contributed by atoms with E-state index in [4.69, 9.17) is 16.3 Å². The monoisotopic (exact) mass is 341 g/mol. The zero-order valence-electron chi connectivity index (χ0n) is 14.0. The van der Waals surface area contributed by atoms with Gasteiger partial charge in [-0.3, -0.25) is 4.79 Å². The smallest absolute Gasteiger partial charge is 0.310 e. The van der Waals surface area contributed by atoms with Gasteiger partial charge in [-0.15, -0.1) is 0 Å². The summed E-state index contributed by atoms with van der Waals surface area (Å²) in [7, 11) is 0. The Balaban J connectivity index is 2.05. The third-order valence-electron chi connectivity index (χ3n) is 3.69. The molecule has 1 aromatic heterocycles. The van der Waals surface area contributed by atoms with E-state index >= 15 is 0 Å². The van der Waals surface area contributed by atoms with Crippen LogP contribution in [-0.4, -0.2) is 16.6 Å². The highest BCUT2D eigenvalue weighted by molar-refractivity contribution is 6.30. The molecule has 1 N–H and O–H groups in total. The molecule has 4 heteroatoms. The van der Waals surface area contributed by atoms with E-state index in [1.807, 2.05) is 69.3 Å². The fraction of sp³-hybridized carbons (Fsp3) is 0.250. The number of ether oxygens (including phenoxy) is 1. The predicted molar refractivity (Wildman–Crippen MR) is 98.3 cm³/mol. The first-order chi connectivity index (χ1) is 11.3. The van der Waals surface area contributed by atoms with Crippen molar-refractivity contribution < 1.29 is 9.53 Å². The molecule has 0 amide bonds. The lowest BCUT2D eigenvalue weighted by atomic mass is 10.0. The van der Waals surface area contributed by atoms with Crippen LogP contribution in [-0.2, 0) is 16.0 Å². The first-order valence-electron chi connectivity index (χ1n) is 7.91. The van der Waals surface area contributed by atoms with Gasteiger partial charge in [-0.1, -0.05) is 41.9 Å². The van der Waals surface area contributed by atoms with Crippen molar-refractivity contribution in [2.45, 2.75) is 32.8 Å². The highest BCUT2D eigenvalue weighted by atomic mass is 35.5. The van der Waals surface area contributed by atoms with Gasteiger partial charge in [0.25, 0.3) is 0 Å². The second-order valence-electron chi connectivity index (χ2n) is 6.79. The van der Waals surface area contributed by atoms with E-state index in [0.29, 0.717) is 5.02 Å². The van der Waals surface area contributed by atoms with Crippen molar-refractivity contribution in [3.05, 3.63) is 59.1 Å². The molecule has 0 saturated carbocycles. The molecule has 0 radical (unpaired) electrons. The second-order valence-corrected chi connectivity index (χ2v) is 7.23. The fourth-order valence-electron chi connectivity index (χ4n) is 2.77. The Kier molecular flexibility index (Phi) is 4.37. The molecule has 0 bridgehead atoms. The average Bonchev–Trinajstić information content (AvgIpc) is 2.85. The van der Waals surface area contributed by atoms with E-state index in [1.54, 1.807) is 0 Å². The molecule has 0 saturated heterocycles. The molecule has 1 heterocycles. The maximum atomic E-state index is 12.4. The Hall–Kier alpha value is -2.26. The van der Waals surface area contributed by atoms with Crippen LogP contribution >= 0.6 is 11.6 Å². The maximum absolute atomic E-state index is 12.4. The number of aromatic amines is 1. The first kappa shape index (κ1) is 16.6. The minimum Gasteiger partial charge on any atom is -0.460 e. The summed E-state index contributed by atoms with van der Waals surface area (Å²) >= 11 is 5.99. The van der Waals surface area contributed by atoms with Gasteiger partial charge in [0.15, 0.2) is 0 Å². The van der Waals surface area contributed by atoms with Gasteiger partial charge in [-0.2, -0.15) is 0 Å². The van der Waals surface area contributed by atoms with E-state index in [2.05, 4.69) is 4.98 Å². The van der Waals surface area contributed by atoms with Gasteiger partial charge in [-0.25, -0.2) is 0 Å². The number of hydrogen-bond donors (Lipinski definition) is 1. The average molecular weight is 342 g/mol. The zero-order chi connectivity index (χ0) is 17.3. The molecule has 0 spiro atoms. The van der Waals surface area contributed by atoms with Gasteiger partial charge in [0.1, 0.15) is 5.60 Å². The van der Waals surface area contributed by atoms with Crippen LogP contribution in [0.15, 0.2) is 48.5 Å². The van der Waals surface area contributed by atoms with Crippen LogP contribution in [0.5, 0.6) is 0 Å². The fourth-order valence-corrected chi connectivity index (χ4v) is 2.89. The summed E-state index contributed by atoms with van der Waals surface area (Å²) in [5.74, 6) is -0.234. The van der Waals surface area contributed by atoms with Crippen LogP contribution in [0, 0.1) is 0 Å². The van der Waals surface area contributed by atoms with Crippen LogP contribution in [0.25, 0.3) is 22.2 Å². The summed E-state index contributed by atoms with van der Waals surface area (Å²) in [4.78, 5) is 15.8. The highest BCUT2D eigenvalue weighted by Crippen LogP contribution is 2.31. The van der Waals surface area contributed by atoms with Crippen molar-refractivity contribution in [3.8, 4) is 11.3 Å². The summed E-state index contributed by atoms with van der Waals surface area (Å²) in [5, 5.41) is 1.72. The van der Waals surface area contributed by atoms with Gasteiger partial charge in [0.2, 0.25) is 0 Å². The molecule has 0 fully saturated rings. The van der Waals surface area contributed by atoms with Crippen molar-refractivity contribution in [3.63, 3.8) is 0 Å². The summed E-state index contributed by atoms with van der Waals surface area (Å²) in [6, 6.07) is 15.6. The number of H-pyrrole nitrogens is 1. The van der Waals surface area contributed by atoms with Crippen molar-refractivity contribution >= 4 is 28.5 Å². The summed E-state index contributed by atoms with van der Waals surface area (Å²) in [5.41, 5.74) is 3.37. The van der Waals surface area contributed by atoms with Crippen LogP contribution in [0.4, 0.5) is 0 Å². The molecule has 124 valence electrons. The Labute approximate surface area is 146 Å². The number of nitrogens with one attached hydrogen (secondary N) is 1. The number of halogens is 1. The third-order valence-corrected chi connectivity index (χ3v) is 3.94. The number of rotatable bonds is 3. The van der Waals surface area contributed by atoms with E-state index < -0.39 is 5.60 Å². The van der Waals surface area contributed by atoms with Crippen LogP contribution in [0.3, 0.4) is 0 Å².